The molecule has 0 saturated heterocycles. The van der Waals surface area contributed by atoms with Gasteiger partial charge in [-0.1, -0.05) is 44.2 Å². The van der Waals surface area contributed by atoms with E-state index >= 15 is 0 Å². The first-order valence-corrected chi connectivity index (χ1v) is 8.73. The minimum Gasteiger partial charge on any atom is -0.491 e. The van der Waals surface area contributed by atoms with Crippen LogP contribution < -0.4 is 21.1 Å². The molecule has 0 aliphatic heterocycles. The Labute approximate surface area is 143 Å². The molecule has 0 spiro atoms. The first kappa shape index (κ1) is 18.1. The van der Waals surface area contributed by atoms with Crippen molar-refractivity contribution in [2.24, 2.45) is 5.73 Å². The Balaban J connectivity index is 1.87. The number of hydrogen-bond donors (Lipinski definition) is 3. The number of nitrogens with two attached hydrogens (primary N) is 1. The minimum atomic E-state index is -0.414. The number of amides is 3. The molecule has 24 heavy (non-hydrogen) atoms. The molecule has 0 bridgehead atoms. The lowest BCUT2D eigenvalue weighted by Gasteiger charge is -2.21. The van der Waals surface area contributed by atoms with E-state index in [1.807, 2.05) is 12.1 Å². The smallest absolute Gasteiger partial charge is 0.319 e. The third kappa shape index (κ3) is 6.48. The second-order valence-electron chi connectivity index (χ2n) is 6.20. The number of carbonyl (C=O) groups excluding carboxylic acids is 2. The van der Waals surface area contributed by atoms with Crippen LogP contribution in [0.4, 0.5) is 10.5 Å². The standard InChI is InChI=1S/C18H27N3O3/c19-17(22)12-13-24-16-11-7-6-10-15(16)21-18(23)20-14-8-4-2-1-3-5-9-14/h6-7,10-11,14H,1-5,8-9,12-13H2,(H2,19,22)(H2,20,21,23). The molecule has 1 aromatic rings. The van der Waals surface area contributed by atoms with Crippen LogP contribution in [0.1, 0.15) is 51.4 Å². The van der Waals surface area contributed by atoms with Gasteiger partial charge >= 0.3 is 6.03 Å². The van der Waals surface area contributed by atoms with Gasteiger partial charge in [-0.05, 0) is 25.0 Å². The second kappa shape index (κ2) is 9.80. The zero-order chi connectivity index (χ0) is 17.2. The fourth-order valence-electron chi connectivity index (χ4n) is 2.90. The highest BCUT2D eigenvalue weighted by molar-refractivity contribution is 5.91. The van der Waals surface area contributed by atoms with Crippen molar-refractivity contribution in [3.05, 3.63) is 24.3 Å². The normalized spacial score (nSPS) is 15.8. The number of para-hydroxylation sites is 2. The quantitative estimate of drug-likeness (QED) is 0.746. The zero-order valence-corrected chi connectivity index (χ0v) is 14.1. The molecule has 4 N–H and O–H groups in total. The molecule has 1 aromatic carbocycles. The molecule has 0 heterocycles. The number of carbonyl (C=O) groups is 2. The Kier molecular flexibility index (Phi) is 7.39. The van der Waals surface area contributed by atoms with Gasteiger partial charge in [-0.3, -0.25) is 4.79 Å². The van der Waals surface area contributed by atoms with Gasteiger partial charge in [0, 0.05) is 6.04 Å². The average molecular weight is 333 g/mol. The van der Waals surface area contributed by atoms with Crippen molar-refractivity contribution in [3.8, 4) is 5.75 Å². The summed E-state index contributed by atoms with van der Waals surface area (Å²) in [6.45, 7) is 0.193. The van der Waals surface area contributed by atoms with E-state index in [2.05, 4.69) is 10.6 Å². The number of benzene rings is 1. The summed E-state index contributed by atoms with van der Waals surface area (Å²) in [5.41, 5.74) is 5.69. The van der Waals surface area contributed by atoms with Gasteiger partial charge in [0.15, 0.2) is 0 Å². The lowest BCUT2D eigenvalue weighted by atomic mass is 9.97. The zero-order valence-electron chi connectivity index (χ0n) is 14.1. The minimum absolute atomic E-state index is 0.141. The summed E-state index contributed by atoms with van der Waals surface area (Å²) in [7, 11) is 0. The molecule has 2 rings (SSSR count). The average Bonchev–Trinajstić information content (AvgIpc) is 2.51. The van der Waals surface area contributed by atoms with Crippen molar-refractivity contribution in [2.75, 3.05) is 11.9 Å². The predicted molar refractivity (Wildman–Crippen MR) is 94.0 cm³/mol. The molecule has 3 amide bonds. The molecule has 0 unspecified atom stereocenters. The van der Waals surface area contributed by atoms with E-state index in [0.717, 1.165) is 25.7 Å². The molecule has 6 heteroatoms. The SMILES string of the molecule is NC(=O)CCOc1ccccc1NC(=O)NC1CCCCCCC1. The number of ether oxygens (including phenoxy) is 1. The Morgan fingerprint density at radius 3 is 2.46 bits per heavy atom. The summed E-state index contributed by atoms with van der Waals surface area (Å²) < 4.78 is 5.53. The number of nitrogens with one attached hydrogen (secondary N) is 2. The van der Waals surface area contributed by atoms with Gasteiger partial charge in [0.05, 0.1) is 18.7 Å². The van der Waals surface area contributed by atoms with Gasteiger partial charge in [-0.15, -0.1) is 0 Å². The van der Waals surface area contributed by atoms with Gasteiger partial charge in [0.1, 0.15) is 5.75 Å². The Bertz CT molecular complexity index is 540. The fraction of sp³-hybridized carbons (Fsp3) is 0.556. The highest BCUT2D eigenvalue weighted by Crippen LogP contribution is 2.24. The number of hydrogen-bond acceptors (Lipinski definition) is 3. The maximum absolute atomic E-state index is 12.3. The van der Waals surface area contributed by atoms with E-state index < -0.39 is 5.91 Å². The Hall–Kier alpha value is -2.24. The van der Waals surface area contributed by atoms with Crippen LogP contribution in [0.15, 0.2) is 24.3 Å². The molecular weight excluding hydrogens is 306 g/mol. The maximum atomic E-state index is 12.3. The van der Waals surface area contributed by atoms with E-state index in [4.69, 9.17) is 10.5 Å². The highest BCUT2D eigenvalue weighted by atomic mass is 16.5. The summed E-state index contributed by atoms with van der Waals surface area (Å²) in [6, 6.07) is 7.19. The van der Waals surface area contributed by atoms with Crippen molar-refractivity contribution in [1.29, 1.82) is 0 Å². The molecule has 0 radical (unpaired) electrons. The number of primary amides is 1. The first-order chi connectivity index (χ1) is 11.6. The molecule has 0 aromatic heterocycles. The molecule has 6 nitrogen and oxygen atoms in total. The first-order valence-electron chi connectivity index (χ1n) is 8.73. The van der Waals surface area contributed by atoms with Crippen LogP contribution >= 0.6 is 0 Å². The summed E-state index contributed by atoms with van der Waals surface area (Å²) in [4.78, 5) is 23.0. The lowest BCUT2D eigenvalue weighted by Crippen LogP contribution is -2.38. The van der Waals surface area contributed by atoms with Crippen molar-refractivity contribution in [2.45, 2.75) is 57.4 Å². The third-order valence-corrected chi connectivity index (χ3v) is 4.18. The molecule has 1 fully saturated rings. The van der Waals surface area contributed by atoms with E-state index in [-0.39, 0.29) is 25.1 Å². The fourth-order valence-corrected chi connectivity index (χ4v) is 2.90. The number of urea groups is 1. The monoisotopic (exact) mass is 333 g/mol. The molecule has 1 aliphatic rings. The van der Waals surface area contributed by atoms with E-state index in [9.17, 15) is 9.59 Å². The predicted octanol–water partition coefficient (Wildman–Crippen LogP) is 3.18. The third-order valence-electron chi connectivity index (χ3n) is 4.18. The molecule has 0 atom stereocenters. The van der Waals surface area contributed by atoms with E-state index in [1.54, 1.807) is 12.1 Å². The van der Waals surface area contributed by atoms with Gasteiger partial charge in [0.2, 0.25) is 5.91 Å². The van der Waals surface area contributed by atoms with Gasteiger partial charge in [-0.25, -0.2) is 4.79 Å². The van der Waals surface area contributed by atoms with Gasteiger partial charge < -0.3 is 21.1 Å². The van der Waals surface area contributed by atoms with Crippen molar-refractivity contribution in [3.63, 3.8) is 0 Å². The van der Waals surface area contributed by atoms with Crippen LogP contribution in [0.5, 0.6) is 5.75 Å². The van der Waals surface area contributed by atoms with Gasteiger partial charge in [-0.2, -0.15) is 0 Å². The van der Waals surface area contributed by atoms with Crippen LogP contribution in [0.2, 0.25) is 0 Å². The largest absolute Gasteiger partial charge is 0.491 e. The second-order valence-corrected chi connectivity index (χ2v) is 6.20. The van der Waals surface area contributed by atoms with Crippen LogP contribution in [0.25, 0.3) is 0 Å². The highest BCUT2D eigenvalue weighted by Gasteiger charge is 2.15. The topological polar surface area (TPSA) is 93.5 Å². The van der Waals surface area contributed by atoms with Crippen LogP contribution in [0.3, 0.4) is 0 Å². The van der Waals surface area contributed by atoms with Gasteiger partial charge in [0.25, 0.3) is 0 Å². The summed E-state index contributed by atoms with van der Waals surface area (Å²) in [5, 5.41) is 5.90. The molecular formula is C18H27N3O3. The lowest BCUT2D eigenvalue weighted by molar-refractivity contribution is -0.118. The van der Waals surface area contributed by atoms with Crippen molar-refractivity contribution in [1.82, 2.24) is 5.32 Å². The Morgan fingerprint density at radius 1 is 1.08 bits per heavy atom. The molecule has 132 valence electrons. The van der Waals surface area contributed by atoms with Crippen LogP contribution in [0, 0.1) is 0 Å². The van der Waals surface area contributed by atoms with Crippen LogP contribution in [-0.4, -0.2) is 24.6 Å². The molecule has 1 saturated carbocycles. The Morgan fingerprint density at radius 2 is 1.75 bits per heavy atom. The van der Waals surface area contributed by atoms with E-state index in [1.165, 1.54) is 19.3 Å². The number of rotatable bonds is 6. The summed E-state index contributed by atoms with van der Waals surface area (Å²) >= 11 is 0. The van der Waals surface area contributed by atoms with Crippen LogP contribution in [-0.2, 0) is 4.79 Å². The van der Waals surface area contributed by atoms with Crippen molar-refractivity contribution >= 4 is 17.6 Å². The summed E-state index contributed by atoms with van der Waals surface area (Å²) in [5.74, 6) is 0.119. The number of anilines is 1. The van der Waals surface area contributed by atoms with Crippen molar-refractivity contribution < 1.29 is 14.3 Å². The van der Waals surface area contributed by atoms with E-state index in [0.29, 0.717) is 11.4 Å². The summed E-state index contributed by atoms with van der Waals surface area (Å²) in [6.07, 6.45) is 8.33. The molecule has 1 aliphatic carbocycles. The maximum Gasteiger partial charge on any atom is 0.319 e.